The minimum atomic E-state index is 0.0657. The number of rotatable bonds is 6. The van der Waals surface area contributed by atoms with Crippen molar-refractivity contribution in [3.63, 3.8) is 0 Å². The van der Waals surface area contributed by atoms with E-state index in [-0.39, 0.29) is 60.6 Å². The molecule has 3 aromatic heterocycles. The SMILES string of the molecule is [B]c1c([B])c([B])c2c(c1[B])c1c([B])c3c4c([B])c([B])c([B])c([B])c4n(-c4nc(-c5ccccc5)nc(-c5ccccc5)n4)c3c([B])c1n2-c1ccc(-c2cccc(-c3ccccc3)c2)cc1. The summed E-state index contributed by atoms with van der Waals surface area (Å²) in [5, 5.41) is 1.66. The summed E-state index contributed by atoms with van der Waals surface area (Å²) in [6.45, 7) is 0. The fraction of sp³-hybridized carbons (Fsp3) is 0. The summed E-state index contributed by atoms with van der Waals surface area (Å²) in [6.07, 6.45) is 0. The molecule has 0 N–H and O–H groups in total. The van der Waals surface area contributed by atoms with Crippen LogP contribution >= 0.6 is 0 Å². The van der Waals surface area contributed by atoms with Crippen LogP contribution in [0, 0.1) is 0 Å². The first-order chi connectivity index (χ1) is 31.9. The molecule has 0 atom stereocenters. The first-order valence-corrected chi connectivity index (χ1v) is 20.9. The lowest BCUT2D eigenvalue weighted by atomic mass is 9.64. The van der Waals surface area contributed by atoms with Crippen LogP contribution in [0.25, 0.3) is 100 Å². The van der Waals surface area contributed by atoms with Crippen molar-refractivity contribution in [1.29, 1.82) is 0 Å². The molecule has 0 aliphatic rings. The molecule has 0 saturated carbocycles. The molecule has 0 spiro atoms. The molecule has 5 nitrogen and oxygen atoms in total. The molecule has 0 fully saturated rings. The smallest absolute Gasteiger partial charge is 0.238 e. The van der Waals surface area contributed by atoms with E-state index in [0.717, 1.165) is 33.4 Å². The van der Waals surface area contributed by atoms with E-state index in [9.17, 15) is 0 Å². The molecule has 0 bridgehead atoms. The Kier molecular flexibility index (Phi) is 10.0. The Balaban J connectivity index is 1.27. The lowest BCUT2D eigenvalue weighted by Gasteiger charge is -2.18. The molecule has 11 rings (SSSR count). The van der Waals surface area contributed by atoms with Crippen LogP contribution < -0.4 is 54.6 Å². The first-order valence-electron chi connectivity index (χ1n) is 20.9. The van der Waals surface area contributed by atoms with E-state index in [1.54, 1.807) is 4.57 Å². The third-order valence-electron chi connectivity index (χ3n) is 12.5. The van der Waals surface area contributed by atoms with Gasteiger partial charge in [0.1, 0.15) is 78.5 Å². The fourth-order valence-electron chi connectivity index (χ4n) is 9.22. The lowest BCUT2D eigenvalue weighted by Crippen LogP contribution is -2.48. The summed E-state index contributed by atoms with van der Waals surface area (Å²) in [6, 6.07) is 45.7. The van der Waals surface area contributed by atoms with Crippen molar-refractivity contribution in [1.82, 2.24) is 24.1 Å². The van der Waals surface area contributed by atoms with E-state index in [1.807, 2.05) is 114 Å². The zero-order chi connectivity index (χ0) is 45.7. The average Bonchev–Trinajstić information content (AvgIpc) is 3.93. The Labute approximate surface area is 395 Å². The summed E-state index contributed by atoms with van der Waals surface area (Å²) < 4.78 is 3.62. The van der Waals surface area contributed by atoms with Gasteiger partial charge >= 0.3 is 0 Å². The molecule has 0 aliphatic heterocycles. The van der Waals surface area contributed by atoms with Gasteiger partial charge in [-0.1, -0.05) is 149 Å². The second-order valence-corrected chi connectivity index (χ2v) is 16.2. The van der Waals surface area contributed by atoms with Gasteiger partial charge in [0.2, 0.25) is 5.95 Å². The third kappa shape index (κ3) is 6.26. The van der Waals surface area contributed by atoms with Crippen LogP contribution in [-0.4, -0.2) is 103 Å². The maximum atomic E-state index is 7.61. The first kappa shape index (κ1) is 41.7. The molecule has 8 aromatic carbocycles. The standard InChI is InChI=1S/C51H23B10N5/c52-35-31-33-36(53)38(55)40(57)42(59)45(33)65(30-21-19-25(20-22-30)29-18-10-17-28(23-29)24-11-4-1-5-12-24)47(31)44(61)48-32(35)34-37(54)39(56)41(58)43(60)46(34)66(48)51-63-49(26-13-6-2-7-14-26)62-50(64-51)27-15-8-3-9-16-27/h1-23H. The average molecular weight is 814 g/mol. The Morgan fingerprint density at radius 1 is 0.273 bits per heavy atom. The highest BCUT2D eigenvalue weighted by atomic mass is 15.2. The van der Waals surface area contributed by atoms with Crippen LogP contribution in [0.2, 0.25) is 0 Å². The zero-order valence-electron chi connectivity index (χ0n) is 35.3. The zero-order valence-corrected chi connectivity index (χ0v) is 35.3. The molecule has 15 heteroatoms. The van der Waals surface area contributed by atoms with Crippen LogP contribution in [0.1, 0.15) is 0 Å². The molecule has 11 aromatic rings. The summed E-state index contributed by atoms with van der Waals surface area (Å²) in [4.78, 5) is 15.1. The number of benzene rings is 8. The van der Waals surface area contributed by atoms with Crippen LogP contribution in [0.5, 0.6) is 0 Å². The summed E-state index contributed by atoms with van der Waals surface area (Å²) in [5.74, 6) is 0.916. The Morgan fingerprint density at radius 2 is 0.636 bits per heavy atom. The van der Waals surface area contributed by atoms with Crippen molar-refractivity contribution in [2.45, 2.75) is 0 Å². The van der Waals surface area contributed by atoms with E-state index >= 15 is 0 Å². The molecule has 0 aliphatic carbocycles. The highest BCUT2D eigenvalue weighted by molar-refractivity contribution is 6.71. The van der Waals surface area contributed by atoms with Gasteiger partial charge in [-0.3, -0.25) is 4.57 Å². The maximum absolute atomic E-state index is 7.61. The minimum Gasteiger partial charge on any atom is -0.310 e. The topological polar surface area (TPSA) is 48.5 Å². The molecular weight excluding hydrogens is 791 g/mol. The molecule has 3 heterocycles. The number of hydrogen-bond donors (Lipinski definition) is 0. The Hall–Kier alpha value is -6.98. The van der Waals surface area contributed by atoms with Gasteiger partial charge in [0.25, 0.3) is 0 Å². The maximum Gasteiger partial charge on any atom is 0.238 e. The van der Waals surface area contributed by atoms with Gasteiger partial charge in [-0.05, 0) is 56.7 Å². The van der Waals surface area contributed by atoms with Crippen molar-refractivity contribution < 1.29 is 0 Å². The van der Waals surface area contributed by atoms with Gasteiger partial charge in [-0.2, -0.15) is 9.97 Å². The Bertz CT molecular complexity index is 3740. The van der Waals surface area contributed by atoms with Crippen LogP contribution in [-0.2, 0) is 0 Å². The van der Waals surface area contributed by atoms with Crippen molar-refractivity contribution in [2.75, 3.05) is 0 Å². The second kappa shape index (κ2) is 15.9. The molecule has 0 saturated heterocycles. The van der Waals surface area contributed by atoms with E-state index in [2.05, 4.69) is 30.3 Å². The molecule has 282 valence electrons. The van der Waals surface area contributed by atoms with E-state index in [1.165, 1.54) is 0 Å². The quantitative estimate of drug-likeness (QED) is 0.233. The largest absolute Gasteiger partial charge is 0.310 e. The highest BCUT2D eigenvalue weighted by Crippen LogP contribution is 2.36. The summed E-state index contributed by atoms with van der Waals surface area (Å²) in [5.41, 5.74) is 9.31. The van der Waals surface area contributed by atoms with Crippen molar-refractivity contribution in [3.8, 4) is 56.7 Å². The predicted molar refractivity (Wildman–Crippen MR) is 284 cm³/mol. The van der Waals surface area contributed by atoms with E-state index in [0.29, 0.717) is 60.9 Å². The number of aromatic nitrogens is 5. The molecule has 0 amide bonds. The molecule has 0 unspecified atom stereocenters. The summed E-state index contributed by atoms with van der Waals surface area (Å²) in [7, 11) is 69.4. The number of hydrogen-bond acceptors (Lipinski definition) is 3. The normalized spacial score (nSPS) is 11.6. The van der Waals surface area contributed by atoms with Crippen molar-refractivity contribution in [2.24, 2.45) is 0 Å². The second-order valence-electron chi connectivity index (χ2n) is 16.2. The van der Waals surface area contributed by atoms with E-state index < -0.39 is 0 Å². The number of nitrogens with zero attached hydrogens (tertiary/aromatic N) is 5. The van der Waals surface area contributed by atoms with Crippen molar-refractivity contribution >= 4 is 177 Å². The summed E-state index contributed by atoms with van der Waals surface area (Å²) >= 11 is 0. The van der Waals surface area contributed by atoms with Gasteiger partial charge in [-0.15, -0.1) is 21.9 Å². The van der Waals surface area contributed by atoms with Gasteiger partial charge in [0.15, 0.2) is 11.6 Å². The third-order valence-corrected chi connectivity index (χ3v) is 12.5. The lowest BCUT2D eigenvalue weighted by molar-refractivity contribution is 0.956. The van der Waals surface area contributed by atoms with Crippen LogP contribution in [0.15, 0.2) is 140 Å². The predicted octanol–water partition coefficient (Wildman–Crippen LogP) is 0.672. The minimum absolute atomic E-state index is 0.0657. The van der Waals surface area contributed by atoms with Crippen LogP contribution in [0.3, 0.4) is 0 Å². The number of fused-ring (bicyclic) bond motifs is 6. The fourth-order valence-corrected chi connectivity index (χ4v) is 9.22. The molecule has 20 radical (unpaired) electrons. The molecular formula is C51H23B10N5. The molecule has 66 heavy (non-hydrogen) atoms. The van der Waals surface area contributed by atoms with Gasteiger partial charge in [0, 0.05) is 44.1 Å². The van der Waals surface area contributed by atoms with E-state index in [4.69, 9.17) is 93.4 Å². The highest BCUT2D eigenvalue weighted by Gasteiger charge is 2.29. The monoisotopic (exact) mass is 815 g/mol. The van der Waals surface area contributed by atoms with Gasteiger partial charge in [-0.25, -0.2) is 4.98 Å². The van der Waals surface area contributed by atoms with Gasteiger partial charge < -0.3 is 4.57 Å². The van der Waals surface area contributed by atoms with Crippen LogP contribution in [0.4, 0.5) is 0 Å². The van der Waals surface area contributed by atoms with Gasteiger partial charge in [0.05, 0.1) is 5.52 Å². The Morgan fingerprint density at radius 3 is 1.12 bits per heavy atom. The van der Waals surface area contributed by atoms with Crippen molar-refractivity contribution in [3.05, 3.63) is 140 Å².